The molecular weight excluding hydrogens is 263 g/mol. The third-order valence-electron chi connectivity index (χ3n) is 2.49. The molecule has 1 aromatic carbocycles. The molecule has 0 spiro atoms. The highest BCUT2D eigenvalue weighted by Gasteiger charge is 2.33. The minimum Gasteiger partial charge on any atom is -0.504 e. The van der Waals surface area contributed by atoms with Gasteiger partial charge in [-0.15, -0.1) is 0 Å². The van der Waals surface area contributed by atoms with Crippen molar-refractivity contribution in [3.63, 3.8) is 0 Å². The van der Waals surface area contributed by atoms with E-state index in [1.54, 1.807) is 0 Å². The van der Waals surface area contributed by atoms with E-state index in [0.29, 0.717) is 4.90 Å². The molecule has 1 N–H and O–H groups in total. The van der Waals surface area contributed by atoms with Crippen LogP contribution in [0.15, 0.2) is 18.2 Å². The summed E-state index contributed by atoms with van der Waals surface area (Å²) in [6.45, 7) is -0.0468. The van der Waals surface area contributed by atoms with E-state index in [2.05, 4.69) is 0 Å². The molecule has 4 nitrogen and oxygen atoms in total. The van der Waals surface area contributed by atoms with Crippen LogP contribution in [0.25, 0.3) is 0 Å². The minimum absolute atomic E-state index is 0.0360. The summed E-state index contributed by atoms with van der Waals surface area (Å²) in [5.74, 6) is -1.32. The number of rotatable bonds is 4. The van der Waals surface area contributed by atoms with E-state index in [4.69, 9.17) is 4.74 Å². The first-order valence-electron chi connectivity index (χ1n) is 5.52. The summed E-state index contributed by atoms with van der Waals surface area (Å²) in [6, 6.07) is 4.08. The van der Waals surface area contributed by atoms with Gasteiger partial charge in [0.05, 0.1) is 12.7 Å². The number of hydrogen-bond donors (Lipinski definition) is 1. The number of phenols is 1. The molecule has 0 atom stereocenters. The van der Waals surface area contributed by atoms with Crippen molar-refractivity contribution in [1.29, 1.82) is 0 Å². The van der Waals surface area contributed by atoms with Crippen molar-refractivity contribution in [2.75, 3.05) is 20.2 Å². The Hall–Kier alpha value is -1.92. The van der Waals surface area contributed by atoms with Crippen molar-refractivity contribution in [1.82, 2.24) is 4.90 Å². The van der Waals surface area contributed by atoms with Crippen LogP contribution in [0.1, 0.15) is 17.3 Å². The van der Waals surface area contributed by atoms with Crippen LogP contribution in [-0.2, 0) is 0 Å². The van der Waals surface area contributed by atoms with E-state index in [0.717, 1.165) is 0 Å². The van der Waals surface area contributed by atoms with Crippen molar-refractivity contribution in [2.24, 2.45) is 0 Å². The molecule has 0 radical (unpaired) electrons. The lowest BCUT2D eigenvalue weighted by atomic mass is 10.1. The van der Waals surface area contributed by atoms with Gasteiger partial charge in [0.2, 0.25) is 0 Å². The topological polar surface area (TPSA) is 49.8 Å². The summed E-state index contributed by atoms with van der Waals surface area (Å²) in [4.78, 5) is 12.6. The molecule has 0 fully saturated rings. The van der Waals surface area contributed by atoms with Gasteiger partial charge in [-0.2, -0.15) is 13.2 Å². The highest BCUT2D eigenvalue weighted by Crippen LogP contribution is 2.30. The predicted molar refractivity (Wildman–Crippen MR) is 62.3 cm³/mol. The molecule has 0 aliphatic heterocycles. The highest BCUT2D eigenvalue weighted by atomic mass is 19.4. The number of halogens is 3. The Morgan fingerprint density at radius 1 is 1.42 bits per heavy atom. The van der Waals surface area contributed by atoms with Crippen LogP contribution in [0.4, 0.5) is 13.2 Å². The number of phenolic OH excluding ortho intramolecular Hbond substituents is 1. The Labute approximate surface area is 108 Å². The van der Waals surface area contributed by atoms with Gasteiger partial charge >= 0.3 is 6.18 Å². The lowest BCUT2D eigenvalue weighted by Crippen LogP contribution is -2.38. The number of amides is 1. The monoisotopic (exact) mass is 277 g/mol. The zero-order chi connectivity index (χ0) is 14.6. The van der Waals surface area contributed by atoms with E-state index in [1.807, 2.05) is 0 Å². The summed E-state index contributed by atoms with van der Waals surface area (Å²) in [6.07, 6.45) is -4.49. The fraction of sp³-hybridized carbons (Fsp3) is 0.417. The van der Waals surface area contributed by atoms with Gasteiger partial charge in [0.15, 0.2) is 11.5 Å². The Morgan fingerprint density at radius 2 is 2.05 bits per heavy atom. The molecule has 0 saturated heterocycles. The van der Waals surface area contributed by atoms with E-state index in [1.165, 1.54) is 32.2 Å². The highest BCUT2D eigenvalue weighted by molar-refractivity contribution is 5.97. The average molecular weight is 277 g/mol. The first kappa shape index (κ1) is 15.1. The fourth-order valence-corrected chi connectivity index (χ4v) is 1.57. The standard InChI is InChI=1S/C12H14F3NO3/c1-3-16(7-12(13,14)15)11(18)8-5-4-6-9(19-2)10(8)17/h4-6,17H,3,7H2,1-2H3. The van der Waals surface area contributed by atoms with Gasteiger partial charge in [-0.05, 0) is 19.1 Å². The van der Waals surface area contributed by atoms with Crippen molar-refractivity contribution < 1.29 is 27.8 Å². The molecule has 19 heavy (non-hydrogen) atoms. The second kappa shape index (κ2) is 5.81. The predicted octanol–water partition coefficient (Wildman–Crippen LogP) is 2.43. The molecule has 0 aliphatic rings. The number of para-hydroxylation sites is 1. The Bertz CT molecular complexity index is 460. The molecular formula is C12H14F3NO3. The number of carbonyl (C=O) groups excluding carboxylic acids is 1. The molecule has 0 aromatic heterocycles. The minimum atomic E-state index is -4.49. The second-order valence-corrected chi connectivity index (χ2v) is 3.79. The Kier molecular flexibility index (Phi) is 4.63. The molecule has 106 valence electrons. The summed E-state index contributed by atoms with van der Waals surface area (Å²) in [5, 5.41) is 9.75. The summed E-state index contributed by atoms with van der Waals surface area (Å²) in [7, 11) is 1.29. The van der Waals surface area contributed by atoms with Crippen LogP contribution in [0, 0.1) is 0 Å². The molecule has 0 aliphatic carbocycles. The number of alkyl halides is 3. The van der Waals surface area contributed by atoms with Crippen LogP contribution < -0.4 is 4.74 Å². The molecule has 1 rings (SSSR count). The van der Waals surface area contributed by atoms with Crippen LogP contribution in [0.2, 0.25) is 0 Å². The van der Waals surface area contributed by atoms with Crippen LogP contribution in [0.3, 0.4) is 0 Å². The number of hydrogen-bond acceptors (Lipinski definition) is 3. The van der Waals surface area contributed by atoms with Gasteiger partial charge in [0.25, 0.3) is 5.91 Å². The first-order valence-corrected chi connectivity index (χ1v) is 5.52. The lowest BCUT2D eigenvalue weighted by Gasteiger charge is -2.23. The second-order valence-electron chi connectivity index (χ2n) is 3.79. The van der Waals surface area contributed by atoms with Crippen LogP contribution in [0.5, 0.6) is 11.5 Å². The van der Waals surface area contributed by atoms with E-state index < -0.39 is 24.4 Å². The third kappa shape index (κ3) is 3.77. The number of nitrogens with zero attached hydrogens (tertiary/aromatic N) is 1. The molecule has 0 bridgehead atoms. The quantitative estimate of drug-likeness (QED) is 0.919. The van der Waals surface area contributed by atoms with Crippen molar-refractivity contribution in [3.05, 3.63) is 23.8 Å². The van der Waals surface area contributed by atoms with E-state index in [-0.39, 0.29) is 17.9 Å². The van der Waals surface area contributed by atoms with Crippen LogP contribution in [-0.4, -0.2) is 42.3 Å². The van der Waals surface area contributed by atoms with E-state index >= 15 is 0 Å². The summed E-state index contributed by atoms with van der Waals surface area (Å²) in [5.41, 5.74) is -0.217. The maximum absolute atomic E-state index is 12.3. The number of aromatic hydroxyl groups is 1. The number of ether oxygens (including phenoxy) is 1. The van der Waals surface area contributed by atoms with Gasteiger partial charge in [-0.3, -0.25) is 4.79 Å². The van der Waals surface area contributed by atoms with E-state index in [9.17, 15) is 23.1 Å². The van der Waals surface area contributed by atoms with Gasteiger partial charge in [0, 0.05) is 6.54 Å². The third-order valence-corrected chi connectivity index (χ3v) is 2.49. The molecule has 1 amide bonds. The molecule has 7 heteroatoms. The molecule has 1 aromatic rings. The Balaban J connectivity index is 3.04. The number of benzene rings is 1. The SMILES string of the molecule is CCN(CC(F)(F)F)C(=O)c1cccc(OC)c1O. The largest absolute Gasteiger partial charge is 0.504 e. The van der Waals surface area contributed by atoms with Crippen molar-refractivity contribution in [2.45, 2.75) is 13.1 Å². The fourth-order valence-electron chi connectivity index (χ4n) is 1.57. The molecule has 0 heterocycles. The number of methoxy groups -OCH3 is 1. The van der Waals surface area contributed by atoms with Gasteiger partial charge in [-0.25, -0.2) is 0 Å². The normalized spacial score (nSPS) is 11.2. The van der Waals surface area contributed by atoms with Gasteiger partial charge in [-0.1, -0.05) is 6.07 Å². The Morgan fingerprint density at radius 3 is 2.53 bits per heavy atom. The van der Waals surface area contributed by atoms with Gasteiger partial charge < -0.3 is 14.7 Å². The van der Waals surface area contributed by atoms with Gasteiger partial charge in [0.1, 0.15) is 6.54 Å². The average Bonchev–Trinajstić information content (AvgIpc) is 2.34. The smallest absolute Gasteiger partial charge is 0.406 e. The molecule has 0 saturated carbocycles. The zero-order valence-electron chi connectivity index (χ0n) is 10.5. The van der Waals surface area contributed by atoms with Crippen LogP contribution >= 0.6 is 0 Å². The first-order chi connectivity index (χ1) is 8.80. The maximum atomic E-state index is 12.3. The van der Waals surface area contributed by atoms with Crippen molar-refractivity contribution in [3.8, 4) is 11.5 Å². The maximum Gasteiger partial charge on any atom is 0.406 e. The summed E-state index contributed by atoms with van der Waals surface area (Å²) >= 11 is 0. The number of carbonyl (C=O) groups is 1. The molecule has 0 unspecified atom stereocenters. The van der Waals surface area contributed by atoms with Crippen molar-refractivity contribution >= 4 is 5.91 Å². The lowest BCUT2D eigenvalue weighted by molar-refractivity contribution is -0.140. The zero-order valence-corrected chi connectivity index (χ0v) is 10.5. The summed E-state index contributed by atoms with van der Waals surface area (Å²) < 4.78 is 41.8.